The summed E-state index contributed by atoms with van der Waals surface area (Å²) >= 11 is 0. The van der Waals surface area contributed by atoms with Gasteiger partial charge in [0.05, 0.1) is 14.2 Å². The molecule has 0 unspecified atom stereocenters. The molecule has 0 aromatic heterocycles. The lowest BCUT2D eigenvalue weighted by atomic mass is 10.1. The summed E-state index contributed by atoms with van der Waals surface area (Å²) in [6.07, 6.45) is 0.483. The fraction of sp³-hybridized carbons (Fsp3) is 0.529. The van der Waals surface area contributed by atoms with E-state index in [0.717, 1.165) is 0 Å². The lowest BCUT2D eigenvalue weighted by molar-refractivity contribution is -0.122. The molecule has 0 heterocycles. The molecule has 0 spiro atoms. The van der Waals surface area contributed by atoms with E-state index in [1.807, 2.05) is 13.8 Å². The van der Waals surface area contributed by atoms with Crippen molar-refractivity contribution in [3.63, 3.8) is 0 Å². The average molecular weight is 322 g/mol. The van der Waals surface area contributed by atoms with Gasteiger partial charge < -0.3 is 19.7 Å². The number of benzene rings is 1. The van der Waals surface area contributed by atoms with Gasteiger partial charge in [0, 0.05) is 38.2 Å². The lowest BCUT2D eigenvalue weighted by Gasteiger charge is -2.22. The Bertz CT molecular complexity index is 543. The van der Waals surface area contributed by atoms with Gasteiger partial charge in [0.25, 0.3) is 0 Å². The number of methoxy groups -OCH3 is 2. The third-order valence-corrected chi connectivity index (χ3v) is 3.31. The minimum atomic E-state index is -0.102. The van der Waals surface area contributed by atoms with E-state index < -0.39 is 0 Å². The maximum atomic E-state index is 11.9. The molecule has 0 fully saturated rings. The van der Waals surface area contributed by atoms with E-state index in [-0.39, 0.29) is 11.8 Å². The van der Waals surface area contributed by atoms with Gasteiger partial charge in [-0.2, -0.15) is 0 Å². The van der Waals surface area contributed by atoms with Gasteiger partial charge in [0.1, 0.15) is 0 Å². The number of anilines is 1. The molecule has 23 heavy (non-hydrogen) atoms. The molecule has 6 heteroatoms. The van der Waals surface area contributed by atoms with Crippen molar-refractivity contribution in [2.24, 2.45) is 5.92 Å². The summed E-state index contributed by atoms with van der Waals surface area (Å²) < 4.78 is 10.5. The second kappa shape index (κ2) is 9.02. The van der Waals surface area contributed by atoms with E-state index in [1.54, 1.807) is 37.3 Å². The Hall–Kier alpha value is -2.24. The Labute approximate surface area is 137 Å². The number of nitrogens with one attached hydrogen (secondary N) is 1. The first-order chi connectivity index (χ1) is 10.9. The number of hydrogen-bond acceptors (Lipinski definition) is 4. The molecule has 1 aromatic rings. The van der Waals surface area contributed by atoms with Crippen molar-refractivity contribution in [2.45, 2.75) is 27.2 Å². The number of nitrogens with zero attached hydrogens (tertiary/aromatic N) is 1. The summed E-state index contributed by atoms with van der Waals surface area (Å²) in [4.78, 5) is 25.2. The maximum Gasteiger partial charge on any atom is 0.223 e. The first-order valence-corrected chi connectivity index (χ1v) is 7.65. The van der Waals surface area contributed by atoms with E-state index in [1.165, 1.54) is 6.92 Å². The predicted molar refractivity (Wildman–Crippen MR) is 90.0 cm³/mol. The molecule has 0 aliphatic heterocycles. The average Bonchev–Trinajstić information content (AvgIpc) is 2.49. The topological polar surface area (TPSA) is 67.9 Å². The van der Waals surface area contributed by atoms with Crippen LogP contribution in [0.3, 0.4) is 0 Å². The van der Waals surface area contributed by atoms with Crippen LogP contribution in [0.1, 0.15) is 27.2 Å². The van der Waals surface area contributed by atoms with Crippen molar-refractivity contribution in [2.75, 3.05) is 32.2 Å². The number of carbonyl (C=O) groups excluding carboxylic acids is 2. The van der Waals surface area contributed by atoms with Crippen molar-refractivity contribution < 1.29 is 19.1 Å². The molecule has 6 nitrogen and oxygen atoms in total. The van der Waals surface area contributed by atoms with Crippen molar-refractivity contribution >= 4 is 17.5 Å². The van der Waals surface area contributed by atoms with Crippen LogP contribution >= 0.6 is 0 Å². The van der Waals surface area contributed by atoms with Crippen LogP contribution in [0.5, 0.6) is 11.5 Å². The summed E-state index contributed by atoms with van der Waals surface area (Å²) in [5.74, 6) is 1.36. The highest BCUT2D eigenvalue weighted by Gasteiger charge is 2.15. The molecule has 0 saturated heterocycles. The predicted octanol–water partition coefficient (Wildman–Crippen LogP) is 2.22. The Morgan fingerprint density at radius 2 is 1.83 bits per heavy atom. The van der Waals surface area contributed by atoms with Crippen LogP contribution in [-0.4, -0.2) is 39.1 Å². The number of hydrogen-bond donors (Lipinski definition) is 1. The summed E-state index contributed by atoms with van der Waals surface area (Å²) in [5, 5.41) is 2.83. The van der Waals surface area contributed by atoms with Gasteiger partial charge in [-0.1, -0.05) is 13.8 Å². The Morgan fingerprint density at radius 1 is 1.17 bits per heavy atom. The van der Waals surface area contributed by atoms with Crippen LogP contribution in [0, 0.1) is 5.92 Å². The van der Waals surface area contributed by atoms with Crippen LogP contribution in [-0.2, 0) is 9.59 Å². The van der Waals surface area contributed by atoms with Crippen molar-refractivity contribution in [3.8, 4) is 11.5 Å². The Kier molecular flexibility index (Phi) is 7.38. The molecule has 0 aliphatic rings. The van der Waals surface area contributed by atoms with Crippen LogP contribution in [0.2, 0.25) is 0 Å². The Balaban J connectivity index is 2.75. The minimum absolute atomic E-state index is 0.00388. The molecule has 0 atom stereocenters. The number of ether oxygens (including phenoxy) is 2. The fourth-order valence-corrected chi connectivity index (χ4v) is 2.21. The number of amides is 2. The van der Waals surface area contributed by atoms with Crippen LogP contribution < -0.4 is 19.7 Å². The minimum Gasteiger partial charge on any atom is -0.493 e. The van der Waals surface area contributed by atoms with E-state index in [2.05, 4.69) is 5.32 Å². The second-order valence-electron chi connectivity index (χ2n) is 5.66. The SMILES string of the molecule is COc1ccc(N(CCNC(=O)CC(C)C)C(C)=O)cc1OC. The molecular formula is C17H26N2O4. The van der Waals surface area contributed by atoms with Gasteiger partial charge >= 0.3 is 0 Å². The summed E-state index contributed by atoms with van der Waals surface area (Å²) in [6, 6.07) is 5.29. The monoisotopic (exact) mass is 322 g/mol. The van der Waals surface area contributed by atoms with Crippen molar-refractivity contribution in [1.29, 1.82) is 0 Å². The van der Waals surface area contributed by atoms with Gasteiger partial charge in [-0.25, -0.2) is 0 Å². The smallest absolute Gasteiger partial charge is 0.223 e. The lowest BCUT2D eigenvalue weighted by Crippen LogP contribution is -2.37. The maximum absolute atomic E-state index is 11.9. The van der Waals surface area contributed by atoms with Gasteiger partial charge in [-0.15, -0.1) is 0 Å². The quantitative estimate of drug-likeness (QED) is 0.797. The van der Waals surface area contributed by atoms with Crippen molar-refractivity contribution in [3.05, 3.63) is 18.2 Å². The highest BCUT2D eigenvalue weighted by Crippen LogP contribution is 2.31. The van der Waals surface area contributed by atoms with Crippen LogP contribution in [0.15, 0.2) is 18.2 Å². The van der Waals surface area contributed by atoms with E-state index in [9.17, 15) is 9.59 Å². The molecular weight excluding hydrogens is 296 g/mol. The fourth-order valence-electron chi connectivity index (χ4n) is 2.21. The molecule has 0 bridgehead atoms. The van der Waals surface area contributed by atoms with Gasteiger partial charge in [-0.05, 0) is 18.1 Å². The van der Waals surface area contributed by atoms with E-state index in [4.69, 9.17) is 9.47 Å². The largest absolute Gasteiger partial charge is 0.493 e. The summed E-state index contributed by atoms with van der Waals surface area (Å²) in [7, 11) is 3.11. The molecule has 0 saturated carbocycles. The zero-order valence-corrected chi connectivity index (χ0v) is 14.5. The third-order valence-electron chi connectivity index (χ3n) is 3.31. The molecule has 0 aliphatic carbocycles. The van der Waals surface area contributed by atoms with Gasteiger partial charge in [-0.3, -0.25) is 9.59 Å². The zero-order chi connectivity index (χ0) is 17.4. The van der Waals surface area contributed by atoms with Gasteiger partial charge in [0.15, 0.2) is 11.5 Å². The second-order valence-corrected chi connectivity index (χ2v) is 5.66. The van der Waals surface area contributed by atoms with Crippen LogP contribution in [0.25, 0.3) is 0 Å². The highest BCUT2D eigenvalue weighted by molar-refractivity contribution is 5.92. The molecule has 128 valence electrons. The molecule has 0 radical (unpaired) electrons. The van der Waals surface area contributed by atoms with Gasteiger partial charge in [0.2, 0.25) is 11.8 Å². The van der Waals surface area contributed by atoms with Crippen molar-refractivity contribution in [1.82, 2.24) is 5.32 Å². The summed E-state index contributed by atoms with van der Waals surface area (Å²) in [6.45, 7) is 6.27. The molecule has 1 N–H and O–H groups in total. The van der Waals surface area contributed by atoms with Crippen LogP contribution in [0.4, 0.5) is 5.69 Å². The summed E-state index contributed by atoms with van der Waals surface area (Å²) in [5.41, 5.74) is 0.702. The number of carbonyl (C=O) groups is 2. The standard InChI is InChI=1S/C17H26N2O4/c1-12(2)10-17(21)18-8-9-19(13(3)20)14-6-7-15(22-4)16(11-14)23-5/h6-7,11-12H,8-10H2,1-5H3,(H,18,21). The molecule has 1 aromatic carbocycles. The zero-order valence-electron chi connectivity index (χ0n) is 14.5. The number of rotatable bonds is 8. The Morgan fingerprint density at radius 3 is 2.35 bits per heavy atom. The molecule has 2 amide bonds. The normalized spacial score (nSPS) is 10.3. The molecule has 1 rings (SSSR count). The van der Waals surface area contributed by atoms with E-state index >= 15 is 0 Å². The first kappa shape index (κ1) is 18.8. The van der Waals surface area contributed by atoms with E-state index in [0.29, 0.717) is 42.6 Å². The highest BCUT2D eigenvalue weighted by atomic mass is 16.5. The third kappa shape index (κ3) is 5.81. The first-order valence-electron chi connectivity index (χ1n) is 7.65.